The molecule has 3 rings (SSSR count). The Bertz CT molecular complexity index is 531. The van der Waals surface area contributed by atoms with Crippen molar-refractivity contribution in [2.45, 2.75) is 70.8 Å². The number of nitrogens with zero attached hydrogens (tertiary/aromatic N) is 2. The second kappa shape index (κ2) is 13.2. The number of amides is 1. The highest BCUT2D eigenvalue weighted by molar-refractivity contribution is 5.81. The Morgan fingerprint density at radius 3 is 2.70 bits per heavy atom. The summed E-state index contributed by atoms with van der Waals surface area (Å²) in [5, 5.41) is 6.88. The molecule has 0 bridgehead atoms. The summed E-state index contributed by atoms with van der Waals surface area (Å²) in [6.07, 6.45) is 10.0. The summed E-state index contributed by atoms with van der Waals surface area (Å²) >= 11 is 0. The zero-order valence-corrected chi connectivity index (χ0v) is 18.9. The van der Waals surface area contributed by atoms with E-state index in [-0.39, 0.29) is 5.92 Å². The van der Waals surface area contributed by atoms with Gasteiger partial charge in [0.05, 0.1) is 0 Å². The number of likely N-dealkylation sites (tertiary alicyclic amines) is 1. The van der Waals surface area contributed by atoms with E-state index in [2.05, 4.69) is 22.5 Å². The summed E-state index contributed by atoms with van der Waals surface area (Å²) in [7, 11) is 0. The highest BCUT2D eigenvalue weighted by Gasteiger charge is 2.31. The summed E-state index contributed by atoms with van der Waals surface area (Å²) in [6, 6.07) is 0.292. The SMILES string of the molecule is CCNC(=NCCCOCC1CCOCC1)NC1CCN(C(=O)C2CCCCC2)C1. The van der Waals surface area contributed by atoms with Gasteiger partial charge >= 0.3 is 0 Å². The van der Waals surface area contributed by atoms with Gasteiger partial charge in [0.25, 0.3) is 0 Å². The first-order chi connectivity index (χ1) is 14.8. The number of hydrogen-bond acceptors (Lipinski definition) is 4. The standard InChI is InChI=1S/C23H42N4O3/c1-2-24-23(25-12-6-14-30-18-19-10-15-29-16-11-19)26-21-9-13-27(17-21)22(28)20-7-4-3-5-8-20/h19-21H,2-18H2,1H3,(H2,24,25,26). The predicted molar refractivity (Wildman–Crippen MR) is 120 cm³/mol. The van der Waals surface area contributed by atoms with Crippen molar-refractivity contribution in [3.05, 3.63) is 0 Å². The van der Waals surface area contributed by atoms with Gasteiger partial charge in [0.15, 0.2) is 5.96 Å². The summed E-state index contributed by atoms with van der Waals surface area (Å²) in [4.78, 5) is 19.6. The van der Waals surface area contributed by atoms with Crippen LogP contribution in [0.1, 0.15) is 64.7 Å². The van der Waals surface area contributed by atoms with Gasteiger partial charge in [0.1, 0.15) is 0 Å². The Hall–Kier alpha value is -1.34. The summed E-state index contributed by atoms with van der Waals surface area (Å²) in [6.45, 7) is 8.69. The van der Waals surface area contributed by atoms with E-state index in [0.29, 0.717) is 17.9 Å². The smallest absolute Gasteiger partial charge is 0.225 e. The number of aliphatic imine (C=N–C) groups is 1. The molecule has 3 fully saturated rings. The molecule has 2 saturated heterocycles. The van der Waals surface area contributed by atoms with E-state index >= 15 is 0 Å². The molecule has 7 heteroatoms. The topological polar surface area (TPSA) is 75.2 Å². The first kappa shape index (κ1) is 23.3. The molecule has 2 N–H and O–H groups in total. The van der Waals surface area contributed by atoms with Gasteiger partial charge in [0, 0.05) is 64.6 Å². The molecular formula is C23H42N4O3. The van der Waals surface area contributed by atoms with Gasteiger partial charge in [-0.15, -0.1) is 0 Å². The zero-order valence-electron chi connectivity index (χ0n) is 18.9. The molecule has 2 aliphatic heterocycles. The fourth-order valence-corrected chi connectivity index (χ4v) is 4.72. The molecule has 1 aliphatic carbocycles. The zero-order chi connectivity index (χ0) is 21.0. The Kier molecular flexibility index (Phi) is 10.2. The van der Waals surface area contributed by atoms with Crippen molar-refractivity contribution in [1.29, 1.82) is 0 Å². The van der Waals surface area contributed by atoms with Crippen LogP contribution in [0.3, 0.4) is 0 Å². The maximum Gasteiger partial charge on any atom is 0.225 e. The second-order valence-corrected chi connectivity index (χ2v) is 8.99. The van der Waals surface area contributed by atoms with Crippen LogP contribution >= 0.6 is 0 Å². The maximum absolute atomic E-state index is 12.8. The van der Waals surface area contributed by atoms with Crippen molar-refractivity contribution in [3.63, 3.8) is 0 Å². The van der Waals surface area contributed by atoms with Gasteiger partial charge in [-0.05, 0) is 51.4 Å². The summed E-state index contributed by atoms with van der Waals surface area (Å²) in [5.41, 5.74) is 0. The van der Waals surface area contributed by atoms with E-state index in [1.807, 2.05) is 0 Å². The molecule has 7 nitrogen and oxygen atoms in total. The van der Waals surface area contributed by atoms with Crippen LogP contribution < -0.4 is 10.6 Å². The van der Waals surface area contributed by atoms with Gasteiger partial charge < -0.3 is 25.0 Å². The van der Waals surface area contributed by atoms with Gasteiger partial charge in [-0.25, -0.2) is 0 Å². The molecule has 30 heavy (non-hydrogen) atoms. The molecule has 1 atom stereocenters. The van der Waals surface area contributed by atoms with E-state index in [1.165, 1.54) is 19.3 Å². The molecule has 0 radical (unpaired) electrons. The van der Waals surface area contributed by atoms with Crippen molar-refractivity contribution in [3.8, 4) is 0 Å². The van der Waals surface area contributed by atoms with E-state index in [9.17, 15) is 4.79 Å². The molecule has 1 unspecified atom stereocenters. The van der Waals surface area contributed by atoms with Crippen molar-refractivity contribution in [2.75, 3.05) is 52.6 Å². The molecule has 0 aromatic rings. The Labute approximate surface area is 182 Å². The molecule has 1 amide bonds. The van der Waals surface area contributed by atoms with E-state index < -0.39 is 0 Å². The van der Waals surface area contributed by atoms with Crippen molar-refractivity contribution >= 4 is 11.9 Å². The number of nitrogens with one attached hydrogen (secondary N) is 2. The Morgan fingerprint density at radius 2 is 1.93 bits per heavy atom. The molecule has 1 saturated carbocycles. The fourth-order valence-electron chi connectivity index (χ4n) is 4.72. The van der Waals surface area contributed by atoms with Crippen molar-refractivity contribution in [1.82, 2.24) is 15.5 Å². The molecule has 0 aromatic carbocycles. The summed E-state index contributed by atoms with van der Waals surface area (Å²) < 4.78 is 11.2. The van der Waals surface area contributed by atoms with Gasteiger partial charge in [0.2, 0.25) is 5.91 Å². The molecular weight excluding hydrogens is 380 g/mol. The molecule has 2 heterocycles. The van der Waals surface area contributed by atoms with Crippen LogP contribution in [0.2, 0.25) is 0 Å². The van der Waals surface area contributed by atoms with Crippen molar-refractivity contribution in [2.24, 2.45) is 16.8 Å². The van der Waals surface area contributed by atoms with E-state index in [1.54, 1.807) is 0 Å². The number of carbonyl (C=O) groups excluding carboxylic acids is 1. The predicted octanol–water partition coefficient (Wildman–Crippen LogP) is 2.56. The number of rotatable bonds is 9. The average Bonchev–Trinajstić information content (AvgIpc) is 3.25. The minimum Gasteiger partial charge on any atom is -0.381 e. The third-order valence-corrected chi connectivity index (χ3v) is 6.55. The normalized spacial score (nSPS) is 24.2. The highest BCUT2D eigenvalue weighted by Crippen LogP contribution is 2.26. The number of carbonyl (C=O) groups is 1. The second-order valence-electron chi connectivity index (χ2n) is 8.99. The van der Waals surface area contributed by atoms with Crippen LogP contribution in [-0.4, -0.2) is 75.4 Å². The minimum absolute atomic E-state index is 0.264. The monoisotopic (exact) mass is 422 g/mol. The maximum atomic E-state index is 12.8. The Balaban J connectivity index is 1.33. The van der Waals surface area contributed by atoms with Crippen LogP contribution in [0.25, 0.3) is 0 Å². The molecule has 0 aromatic heterocycles. The Morgan fingerprint density at radius 1 is 1.13 bits per heavy atom. The lowest BCUT2D eigenvalue weighted by atomic mass is 9.88. The first-order valence-electron chi connectivity index (χ1n) is 12.3. The number of ether oxygens (including phenoxy) is 2. The fraction of sp³-hybridized carbons (Fsp3) is 0.913. The third kappa shape index (κ3) is 7.73. The lowest BCUT2D eigenvalue weighted by Crippen LogP contribution is -2.45. The summed E-state index contributed by atoms with van der Waals surface area (Å²) in [5.74, 6) is 2.16. The van der Waals surface area contributed by atoms with Crippen LogP contribution in [0.4, 0.5) is 0 Å². The van der Waals surface area contributed by atoms with Crippen LogP contribution in [0.15, 0.2) is 4.99 Å². The van der Waals surface area contributed by atoms with Crippen LogP contribution in [0.5, 0.6) is 0 Å². The van der Waals surface area contributed by atoms with Gasteiger partial charge in [-0.3, -0.25) is 9.79 Å². The quantitative estimate of drug-likeness (QED) is 0.339. The largest absolute Gasteiger partial charge is 0.381 e. The van der Waals surface area contributed by atoms with Crippen LogP contribution in [0, 0.1) is 11.8 Å². The minimum atomic E-state index is 0.264. The number of guanidine groups is 1. The van der Waals surface area contributed by atoms with Crippen molar-refractivity contribution < 1.29 is 14.3 Å². The molecule has 3 aliphatic rings. The lowest BCUT2D eigenvalue weighted by Gasteiger charge is -2.26. The lowest BCUT2D eigenvalue weighted by molar-refractivity contribution is -0.135. The van der Waals surface area contributed by atoms with E-state index in [0.717, 1.165) is 97.1 Å². The average molecular weight is 423 g/mol. The molecule has 172 valence electrons. The molecule has 0 spiro atoms. The van der Waals surface area contributed by atoms with E-state index in [4.69, 9.17) is 14.5 Å². The number of hydrogen-bond donors (Lipinski definition) is 2. The highest BCUT2D eigenvalue weighted by atomic mass is 16.5. The van der Waals surface area contributed by atoms with Crippen LogP contribution in [-0.2, 0) is 14.3 Å². The first-order valence-corrected chi connectivity index (χ1v) is 12.3. The van der Waals surface area contributed by atoms with Gasteiger partial charge in [-0.2, -0.15) is 0 Å². The third-order valence-electron chi connectivity index (χ3n) is 6.55. The van der Waals surface area contributed by atoms with Gasteiger partial charge in [-0.1, -0.05) is 19.3 Å².